The average Bonchev–Trinajstić information content (AvgIpc) is 2.36. The van der Waals surface area contributed by atoms with E-state index in [-0.39, 0.29) is 0 Å². The molecule has 0 aromatic carbocycles. The second kappa shape index (κ2) is 4.43. The highest BCUT2D eigenvalue weighted by molar-refractivity contribution is 8.01. The fourth-order valence-corrected chi connectivity index (χ4v) is 2.72. The lowest BCUT2D eigenvalue weighted by Crippen LogP contribution is -1.92. The summed E-state index contributed by atoms with van der Waals surface area (Å²) < 4.78 is 0.954. The van der Waals surface area contributed by atoms with Crippen LogP contribution in [-0.4, -0.2) is 15.4 Å². The van der Waals surface area contributed by atoms with E-state index in [1.165, 1.54) is 0 Å². The van der Waals surface area contributed by atoms with Gasteiger partial charge in [-0.2, -0.15) is 5.26 Å². The second-order valence-electron chi connectivity index (χ2n) is 2.38. The highest BCUT2D eigenvalue weighted by Crippen LogP contribution is 2.27. The molecule has 1 unspecified atom stereocenters. The largest absolute Gasteiger partial charge is 0.198 e. The molecule has 64 valence electrons. The highest BCUT2D eigenvalue weighted by atomic mass is 32.2. The molecule has 12 heavy (non-hydrogen) atoms. The monoisotopic (exact) mass is 199 g/mol. The van der Waals surface area contributed by atoms with Gasteiger partial charge in [0.25, 0.3) is 0 Å². The van der Waals surface area contributed by atoms with E-state index in [0.717, 1.165) is 9.35 Å². The number of aryl methyl sites for hydroxylation is 1. The Kier molecular flexibility index (Phi) is 3.50. The zero-order valence-electron chi connectivity index (χ0n) is 6.94. The summed E-state index contributed by atoms with van der Waals surface area (Å²) in [5.74, 6) is 0. The van der Waals surface area contributed by atoms with Gasteiger partial charge in [-0.05, 0) is 6.92 Å². The molecule has 0 aliphatic rings. The summed E-state index contributed by atoms with van der Waals surface area (Å²) in [4.78, 5) is 0. The third-order valence-corrected chi connectivity index (χ3v) is 3.21. The molecule has 1 aromatic rings. The maximum atomic E-state index is 8.42. The first-order valence-corrected chi connectivity index (χ1v) is 5.25. The predicted molar refractivity (Wildman–Crippen MR) is 50.2 cm³/mol. The SMILES string of the molecule is Cc1nnc(SC(C)CC#N)s1. The molecule has 3 nitrogen and oxygen atoms in total. The van der Waals surface area contributed by atoms with E-state index in [0.29, 0.717) is 11.7 Å². The summed E-state index contributed by atoms with van der Waals surface area (Å²) in [6, 6.07) is 2.13. The standard InChI is InChI=1S/C7H9N3S2/c1-5(3-4-8)11-7-10-9-6(2)12-7/h5H,3H2,1-2H3. The minimum absolute atomic E-state index is 0.308. The molecular weight excluding hydrogens is 190 g/mol. The molecule has 1 rings (SSSR count). The first-order chi connectivity index (χ1) is 5.72. The fourth-order valence-electron chi connectivity index (χ4n) is 0.668. The van der Waals surface area contributed by atoms with Gasteiger partial charge in [-0.25, -0.2) is 0 Å². The maximum absolute atomic E-state index is 8.42. The van der Waals surface area contributed by atoms with Crippen LogP contribution in [0.3, 0.4) is 0 Å². The van der Waals surface area contributed by atoms with Crippen molar-refractivity contribution in [2.45, 2.75) is 29.9 Å². The first kappa shape index (κ1) is 9.49. The van der Waals surface area contributed by atoms with Crippen LogP contribution in [0.2, 0.25) is 0 Å². The Morgan fingerprint density at radius 1 is 1.67 bits per heavy atom. The van der Waals surface area contributed by atoms with Crippen LogP contribution in [0.4, 0.5) is 0 Å². The normalized spacial score (nSPS) is 12.4. The van der Waals surface area contributed by atoms with Crippen LogP contribution in [-0.2, 0) is 0 Å². The van der Waals surface area contributed by atoms with E-state index < -0.39 is 0 Å². The molecule has 1 aromatic heterocycles. The van der Waals surface area contributed by atoms with Crippen LogP contribution in [0.25, 0.3) is 0 Å². The van der Waals surface area contributed by atoms with Crippen molar-refractivity contribution in [3.05, 3.63) is 5.01 Å². The summed E-state index contributed by atoms with van der Waals surface area (Å²) in [6.45, 7) is 3.95. The molecule has 0 radical (unpaired) electrons. The van der Waals surface area contributed by atoms with E-state index in [9.17, 15) is 0 Å². The molecule has 1 atom stereocenters. The maximum Gasteiger partial charge on any atom is 0.174 e. The molecule has 0 saturated heterocycles. The van der Waals surface area contributed by atoms with Crippen molar-refractivity contribution in [1.29, 1.82) is 5.26 Å². The van der Waals surface area contributed by atoms with Crippen LogP contribution in [0.5, 0.6) is 0 Å². The molecule has 5 heteroatoms. The molecule has 0 N–H and O–H groups in total. The minimum Gasteiger partial charge on any atom is -0.198 e. The number of hydrogen-bond acceptors (Lipinski definition) is 5. The number of rotatable bonds is 3. The Morgan fingerprint density at radius 3 is 2.92 bits per heavy atom. The van der Waals surface area contributed by atoms with Gasteiger partial charge >= 0.3 is 0 Å². The molecule has 0 aliphatic carbocycles. The Hall–Kier alpha value is -0.600. The van der Waals surface area contributed by atoms with Crippen molar-refractivity contribution < 1.29 is 0 Å². The summed E-state index contributed by atoms with van der Waals surface area (Å²) in [7, 11) is 0. The average molecular weight is 199 g/mol. The van der Waals surface area contributed by atoms with Gasteiger partial charge in [0.05, 0.1) is 6.07 Å². The first-order valence-electron chi connectivity index (χ1n) is 3.56. The molecule has 0 fully saturated rings. The van der Waals surface area contributed by atoms with E-state index in [1.807, 2.05) is 13.8 Å². The van der Waals surface area contributed by atoms with Gasteiger partial charge in [-0.15, -0.1) is 10.2 Å². The summed E-state index contributed by atoms with van der Waals surface area (Å²) in [6.07, 6.45) is 0.559. The van der Waals surface area contributed by atoms with Crippen LogP contribution in [0.1, 0.15) is 18.4 Å². The third-order valence-electron chi connectivity index (χ3n) is 1.19. The Balaban J connectivity index is 2.47. The van der Waals surface area contributed by atoms with E-state index in [4.69, 9.17) is 5.26 Å². The van der Waals surface area contributed by atoms with E-state index in [2.05, 4.69) is 16.3 Å². The summed E-state index contributed by atoms with van der Waals surface area (Å²) >= 11 is 3.18. The lowest BCUT2D eigenvalue weighted by atomic mass is 10.4. The van der Waals surface area contributed by atoms with Crippen LogP contribution < -0.4 is 0 Å². The van der Waals surface area contributed by atoms with Crippen molar-refractivity contribution in [3.8, 4) is 6.07 Å². The summed E-state index contributed by atoms with van der Waals surface area (Å²) in [5, 5.41) is 17.6. The lowest BCUT2D eigenvalue weighted by Gasteiger charge is -2.00. The van der Waals surface area contributed by atoms with Crippen LogP contribution >= 0.6 is 23.1 Å². The zero-order valence-corrected chi connectivity index (χ0v) is 8.58. The number of thioether (sulfide) groups is 1. The number of nitrogens with zero attached hydrogens (tertiary/aromatic N) is 3. The Morgan fingerprint density at radius 2 is 2.42 bits per heavy atom. The van der Waals surface area contributed by atoms with Crippen molar-refractivity contribution >= 4 is 23.1 Å². The summed E-state index contributed by atoms with van der Waals surface area (Å²) in [5.41, 5.74) is 0. The minimum atomic E-state index is 0.308. The van der Waals surface area contributed by atoms with Gasteiger partial charge in [0, 0.05) is 11.7 Å². The molecular formula is C7H9N3S2. The second-order valence-corrected chi connectivity index (χ2v) is 5.24. The fraction of sp³-hybridized carbons (Fsp3) is 0.571. The van der Waals surface area contributed by atoms with Gasteiger partial charge in [-0.1, -0.05) is 30.0 Å². The van der Waals surface area contributed by atoms with Crippen molar-refractivity contribution in [3.63, 3.8) is 0 Å². The molecule has 0 bridgehead atoms. The van der Waals surface area contributed by atoms with Crippen molar-refractivity contribution in [2.24, 2.45) is 0 Å². The molecule has 1 heterocycles. The molecule has 0 spiro atoms. The molecule has 0 amide bonds. The quantitative estimate of drug-likeness (QED) is 0.700. The van der Waals surface area contributed by atoms with Gasteiger partial charge in [-0.3, -0.25) is 0 Å². The number of hydrogen-bond donors (Lipinski definition) is 0. The van der Waals surface area contributed by atoms with Gasteiger partial charge in [0.15, 0.2) is 4.34 Å². The predicted octanol–water partition coefficient (Wildman–Crippen LogP) is 2.24. The smallest absolute Gasteiger partial charge is 0.174 e. The van der Waals surface area contributed by atoms with Gasteiger partial charge in [0.2, 0.25) is 0 Å². The van der Waals surface area contributed by atoms with Crippen molar-refractivity contribution in [2.75, 3.05) is 0 Å². The van der Waals surface area contributed by atoms with E-state index in [1.54, 1.807) is 23.1 Å². The van der Waals surface area contributed by atoms with Crippen molar-refractivity contribution in [1.82, 2.24) is 10.2 Å². The van der Waals surface area contributed by atoms with Gasteiger partial charge < -0.3 is 0 Å². The lowest BCUT2D eigenvalue weighted by molar-refractivity contribution is 0.957. The number of aromatic nitrogens is 2. The van der Waals surface area contributed by atoms with Gasteiger partial charge in [0.1, 0.15) is 5.01 Å². The third kappa shape index (κ3) is 2.80. The van der Waals surface area contributed by atoms with Crippen LogP contribution in [0.15, 0.2) is 4.34 Å². The highest BCUT2D eigenvalue weighted by Gasteiger charge is 2.07. The topological polar surface area (TPSA) is 49.6 Å². The molecule has 0 aliphatic heterocycles. The van der Waals surface area contributed by atoms with Crippen LogP contribution in [0, 0.1) is 18.3 Å². The Labute approximate surface area is 79.8 Å². The Bertz CT molecular complexity index is 289. The number of nitriles is 1. The zero-order chi connectivity index (χ0) is 8.97. The van der Waals surface area contributed by atoms with E-state index >= 15 is 0 Å². The molecule has 0 saturated carbocycles.